The third-order valence-electron chi connectivity index (χ3n) is 7.26. The van der Waals surface area contributed by atoms with Crippen molar-refractivity contribution in [2.75, 3.05) is 35.7 Å². The quantitative estimate of drug-likeness (QED) is 0.447. The second-order valence-corrected chi connectivity index (χ2v) is 11.0. The van der Waals surface area contributed by atoms with Gasteiger partial charge in [0.2, 0.25) is 5.95 Å². The predicted molar refractivity (Wildman–Crippen MR) is 121 cm³/mol. The molecular weight excluding hydrogens is 432 g/mol. The molecule has 4 atom stereocenters. The maximum Gasteiger partial charge on any atom is 0.264 e. The second kappa shape index (κ2) is 8.75. The van der Waals surface area contributed by atoms with Crippen LogP contribution in [0.15, 0.2) is 6.33 Å². The lowest BCUT2D eigenvalue weighted by Gasteiger charge is -2.29. The molecule has 0 aromatic carbocycles. The van der Waals surface area contributed by atoms with Crippen molar-refractivity contribution < 1.29 is 17.7 Å². The van der Waals surface area contributed by atoms with Crippen LogP contribution in [-0.4, -0.2) is 70.1 Å². The van der Waals surface area contributed by atoms with Crippen LogP contribution in [0.3, 0.4) is 0 Å². The molecule has 0 spiro atoms. The average molecular weight is 465 g/mol. The van der Waals surface area contributed by atoms with Gasteiger partial charge in [-0.2, -0.15) is 8.42 Å². The number of hydrogen-bond donors (Lipinski definition) is 2. The fourth-order valence-electron chi connectivity index (χ4n) is 5.73. The Labute approximate surface area is 188 Å². The number of nitrogens with one attached hydrogen (secondary N) is 1. The van der Waals surface area contributed by atoms with Crippen molar-refractivity contribution in [3.05, 3.63) is 6.33 Å². The van der Waals surface area contributed by atoms with E-state index in [0.29, 0.717) is 30.9 Å². The van der Waals surface area contributed by atoms with E-state index in [4.69, 9.17) is 14.3 Å². The van der Waals surface area contributed by atoms with Gasteiger partial charge in [0, 0.05) is 32.8 Å². The highest BCUT2D eigenvalue weighted by Gasteiger charge is 2.46. The van der Waals surface area contributed by atoms with E-state index in [2.05, 4.69) is 24.8 Å². The van der Waals surface area contributed by atoms with E-state index in [1.54, 1.807) is 6.33 Å². The standard InChI is InChI=1S/C21H32N6O4S/c1-26-20-18(25-21(26)27-6-3-2-4-7-27)19(22-13-23-20)24-16-11-15-10-14(16)12-17(15)31-8-5-9-32(28,29)30/h13-17H,2-12H2,1H3,(H,22,23,24)(H,28,29,30)/t14-,15-,16-,17-/m0/s1. The molecule has 0 radical (unpaired) electrons. The third-order valence-corrected chi connectivity index (χ3v) is 8.07. The summed E-state index contributed by atoms with van der Waals surface area (Å²) < 4.78 is 38.6. The van der Waals surface area contributed by atoms with E-state index in [1.165, 1.54) is 19.3 Å². The summed E-state index contributed by atoms with van der Waals surface area (Å²) in [4.78, 5) is 16.3. The number of piperidine rings is 1. The minimum absolute atomic E-state index is 0.172. The summed E-state index contributed by atoms with van der Waals surface area (Å²) in [6.45, 7) is 2.43. The highest BCUT2D eigenvalue weighted by Crippen LogP contribution is 2.47. The Morgan fingerprint density at radius 2 is 1.97 bits per heavy atom. The zero-order valence-corrected chi connectivity index (χ0v) is 19.3. The lowest BCUT2D eigenvalue weighted by Crippen LogP contribution is -2.33. The van der Waals surface area contributed by atoms with Gasteiger partial charge in [0.05, 0.1) is 11.9 Å². The zero-order valence-electron chi connectivity index (χ0n) is 18.5. The van der Waals surface area contributed by atoms with Crippen LogP contribution in [0.25, 0.3) is 11.2 Å². The van der Waals surface area contributed by atoms with Crippen LogP contribution in [-0.2, 0) is 21.9 Å². The molecule has 2 bridgehead atoms. The Morgan fingerprint density at radius 1 is 1.16 bits per heavy atom. The van der Waals surface area contributed by atoms with Crippen molar-refractivity contribution in [3.8, 4) is 0 Å². The lowest BCUT2D eigenvalue weighted by molar-refractivity contribution is 0.0154. The van der Waals surface area contributed by atoms with Gasteiger partial charge < -0.3 is 15.0 Å². The molecule has 2 aliphatic carbocycles. The van der Waals surface area contributed by atoms with Crippen LogP contribution < -0.4 is 10.2 Å². The van der Waals surface area contributed by atoms with E-state index in [-0.39, 0.29) is 11.9 Å². The summed E-state index contributed by atoms with van der Waals surface area (Å²) in [5.74, 6) is 2.49. The Balaban J connectivity index is 1.23. The fourth-order valence-corrected chi connectivity index (χ4v) is 6.21. The van der Waals surface area contributed by atoms with E-state index < -0.39 is 10.1 Å². The number of rotatable bonds is 8. The molecular formula is C21H32N6O4S. The number of aryl methyl sites for hydroxylation is 1. The molecule has 2 aromatic heterocycles. The van der Waals surface area contributed by atoms with Crippen LogP contribution >= 0.6 is 0 Å². The largest absolute Gasteiger partial charge is 0.378 e. The zero-order chi connectivity index (χ0) is 22.3. The molecule has 3 fully saturated rings. The Bertz CT molecular complexity index is 1070. The van der Waals surface area contributed by atoms with Crippen LogP contribution in [0.1, 0.15) is 44.9 Å². The summed E-state index contributed by atoms with van der Waals surface area (Å²) >= 11 is 0. The number of aromatic nitrogens is 4. The highest BCUT2D eigenvalue weighted by molar-refractivity contribution is 7.85. The fraction of sp³-hybridized carbons (Fsp3) is 0.762. The smallest absolute Gasteiger partial charge is 0.264 e. The molecule has 176 valence electrons. The van der Waals surface area contributed by atoms with Gasteiger partial charge in [-0.05, 0) is 56.8 Å². The van der Waals surface area contributed by atoms with E-state index in [1.807, 2.05) is 7.05 Å². The molecule has 3 aliphatic rings. The van der Waals surface area contributed by atoms with Crippen molar-refractivity contribution >= 4 is 33.0 Å². The summed E-state index contributed by atoms with van der Waals surface area (Å²) in [5, 5.41) is 3.65. The topological polar surface area (TPSA) is 122 Å². The van der Waals surface area contributed by atoms with Gasteiger partial charge in [-0.25, -0.2) is 15.0 Å². The number of imidazole rings is 1. The molecule has 2 saturated carbocycles. The van der Waals surface area contributed by atoms with Gasteiger partial charge in [-0.1, -0.05) is 0 Å². The number of anilines is 2. The van der Waals surface area contributed by atoms with Crippen molar-refractivity contribution in [2.24, 2.45) is 18.9 Å². The number of nitrogens with zero attached hydrogens (tertiary/aromatic N) is 5. The van der Waals surface area contributed by atoms with Gasteiger partial charge >= 0.3 is 0 Å². The van der Waals surface area contributed by atoms with E-state index in [0.717, 1.165) is 55.3 Å². The third kappa shape index (κ3) is 4.42. The van der Waals surface area contributed by atoms with Gasteiger partial charge in [0.15, 0.2) is 17.0 Å². The molecule has 1 aliphatic heterocycles. The molecule has 32 heavy (non-hydrogen) atoms. The van der Waals surface area contributed by atoms with Crippen LogP contribution in [0.2, 0.25) is 0 Å². The van der Waals surface area contributed by atoms with Crippen molar-refractivity contribution in [1.82, 2.24) is 19.5 Å². The molecule has 2 aromatic rings. The number of ether oxygens (including phenoxy) is 1. The van der Waals surface area contributed by atoms with Crippen molar-refractivity contribution in [3.63, 3.8) is 0 Å². The molecule has 0 unspecified atom stereocenters. The normalized spacial score (nSPS) is 28.0. The first kappa shape index (κ1) is 21.8. The first-order valence-electron chi connectivity index (χ1n) is 11.6. The molecule has 2 N–H and O–H groups in total. The molecule has 11 heteroatoms. The minimum atomic E-state index is -3.91. The molecule has 0 amide bonds. The highest BCUT2D eigenvalue weighted by atomic mass is 32.2. The summed E-state index contributed by atoms with van der Waals surface area (Å²) in [6, 6.07) is 0.330. The van der Waals surface area contributed by atoms with E-state index >= 15 is 0 Å². The molecule has 5 rings (SSSR count). The minimum Gasteiger partial charge on any atom is -0.378 e. The van der Waals surface area contributed by atoms with Gasteiger partial charge in [-0.3, -0.25) is 9.12 Å². The first-order valence-corrected chi connectivity index (χ1v) is 13.3. The Morgan fingerprint density at radius 3 is 2.69 bits per heavy atom. The van der Waals surface area contributed by atoms with Crippen LogP contribution in [0.5, 0.6) is 0 Å². The van der Waals surface area contributed by atoms with Gasteiger partial charge in [-0.15, -0.1) is 0 Å². The van der Waals surface area contributed by atoms with E-state index in [9.17, 15) is 8.42 Å². The maximum atomic E-state index is 10.8. The number of fused-ring (bicyclic) bond motifs is 3. The second-order valence-electron chi connectivity index (χ2n) is 9.44. The molecule has 3 heterocycles. The lowest BCUT2D eigenvalue weighted by atomic mass is 9.93. The Hall–Kier alpha value is -1.98. The van der Waals surface area contributed by atoms with Gasteiger partial charge in [0.25, 0.3) is 10.1 Å². The molecule has 1 saturated heterocycles. The SMILES string of the molecule is Cn1c(N2CCCCC2)nc2c(N[C@H]3C[C@@H]4C[C@H]3C[C@@H]4OCCCS(=O)(=O)O)ncnc21. The summed E-state index contributed by atoms with van der Waals surface area (Å²) in [6.07, 6.45) is 8.86. The van der Waals surface area contributed by atoms with Crippen LogP contribution in [0.4, 0.5) is 11.8 Å². The van der Waals surface area contributed by atoms with Gasteiger partial charge in [0.1, 0.15) is 6.33 Å². The maximum absolute atomic E-state index is 10.8. The monoisotopic (exact) mass is 464 g/mol. The average Bonchev–Trinajstić information content (AvgIpc) is 3.45. The molecule has 10 nitrogen and oxygen atoms in total. The van der Waals surface area contributed by atoms with Crippen molar-refractivity contribution in [1.29, 1.82) is 0 Å². The predicted octanol–water partition coefficient (Wildman–Crippen LogP) is 2.23. The number of hydrogen-bond acceptors (Lipinski definition) is 8. The summed E-state index contributed by atoms with van der Waals surface area (Å²) in [7, 11) is -1.89. The summed E-state index contributed by atoms with van der Waals surface area (Å²) in [5.41, 5.74) is 1.68. The Kier molecular flexibility index (Phi) is 5.98. The van der Waals surface area contributed by atoms with Crippen LogP contribution in [0, 0.1) is 11.8 Å². The van der Waals surface area contributed by atoms with Crippen molar-refractivity contribution in [2.45, 2.75) is 57.1 Å². The first-order chi connectivity index (χ1) is 15.4.